The van der Waals surface area contributed by atoms with E-state index in [0.717, 1.165) is 19.0 Å². The Balaban J connectivity index is 2.12. The van der Waals surface area contributed by atoms with E-state index in [2.05, 4.69) is 20.5 Å². The van der Waals surface area contributed by atoms with E-state index >= 15 is 0 Å². The SMILES string of the molecule is Fc1cnc(NC2CC2)n2cnnc12. The zero-order valence-corrected chi connectivity index (χ0v) is 7.31. The predicted octanol–water partition coefficient (Wildman–Crippen LogP) is 0.838. The van der Waals surface area contributed by atoms with Crippen molar-refractivity contribution in [1.29, 1.82) is 0 Å². The normalized spacial score (nSPS) is 16.1. The van der Waals surface area contributed by atoms with E-state index in [1.165, 1.54) is 10.7 Å². The second-order valence-corrected chi connectivity index (χ2v) is 3.37. The number of hydrogen-bond acceptors (Lipinski definition) is 4. The molecule has 72 valence electrons. The second kappa shape index (κ2) is 2.63. The molecule has 0 bridgehead atoms. The predicted molar refractivity (Wildman–Crippen MR) is 47.4 cm³/mol. The van der Waals surface area contributed by atoms with E-state index in [9.17, 15) is 4.39 Å². The Bertz CT molecular complexity index is 476. The van der Waals surface area contributed by atoms with Crippen LogP contribution in [-0.2, 0) is 0 Å². The Morgan fingerprint density at radius 2 is 2.36 bits per heavy atom. The van der Waals surface area contributed by atoms with Crippen molar-refractivity contribution in [3.8, 4) is 0 Å². The molecule has 0 spiro atoms. The summed E-state index contributed by atoms with van der Waals surface area (Å²) in [5, 5.41) is 10.5. The van der Waals surface area contributed by atoms with Crippen LogP contribution in [0.25, 0.3) is 5.65 Å². The first-order valence-corrected chi connectivity index (χ1v) is 4.45. The van der Waals surface area contributed by atoms with Gasteiger partial charge in [-0.2, -0.15) is 0 Å². The molecule has 5 nitrogen and oxygen atoms in total. The summed E-state index contributed by atoms with van der Waals surface area (Å²) in [6, 6.07) is 0.471. The summed E-state index contributed by atoms with van der Waals surface area (Å²) in [5.74, 6) is 0.151. The van der Waals surface area contributed by atoms with E-state index in [-0.39, 0.29) is 5.65 Å². The van der Waals surface area contributed by atoms with E-state index in [1.807, 2.05) is 0 Å². The van der Waals surface area contributed by atoms with Gasteiger partial charge in [0.25, 0.3) is 0 Å². The molecule has 3 rings (SSSR count). The van der Waals surface area contributed by atoms with Crippen LogP contribution in [0.3, 0.4) is 0 Å². The molecule has 2 heterocycles. The number of halogens is 1. The maximum atomic E-state index is 13.1. The summed E-state index contributed by atoms with van der Waals surface area (Å²) in [6.45, 7) is 0. The zero-order chi connectivity index (χ0) is 9.54. The van der Waals surface area contributed by atoms with Crippen molar-refractivity contribution in [1.82, 2.24) is 19.6 Å². The molecule has 1 saturated carbocycles. The van der Waals surface area contributed by atoms with Gasteiger partial charge >= 0.3 is 0 Å². The molecule has 0 amide bonds. The summed E-state index contributed by atoms with van der Waals surface area (Å²) in [6.07, 6.45) is 4.90. The Hall–Kier alpha value is -1.72. The van der Waals surface area contributed by atoms with E-state index in [4.69, 9.17) is 0 Å². The van der Waals surface area contributed by atoms with Crippen LogP contribution in [0, 0.1) is 5.82 Å². The third kappa shape index (κ3) is 1.11. The van der Waals surface area contributed by atoms with Crippen molar-refractivity contribution in [3.05, 3.63) is 18.3 Å². The van der Waals surface area contributed by atoms with Gasteiger partial charge < -0.3 is 5.32 Å². The van der Waals surface area contributed by atoms with Crippen molar-refractivity contribution < 1.29 is 4.39 Å². The first-order valence-electron chi connectivity index (χ1n) is 4.45. The highest BCUT2D eigenvalue weighted by Gasteiger charge is 2.22. The lowest BCUT2D eigenvalue weighted by atomic mass is 10.5. The topological polar surface area (TPSA) is 55.1 Å². The van der Waals surface area contributed by atoms with Crippen LogP contribution in [0.15, 0.2) is 12.5 Å². The van der Waals surface area contributed by atoms with E-state index in [0.29, 0.717) is 12.0 Å². The summed E-state index contributed by atoms with van der Waals surface area (Å²) in [4.78, 5) is 3.96. The third-order valence-corrected chi connectivity index (χ3v) is 2.20. The quantitative estimate of drug-likeness (QED) is 0.767. The average molecular weight is 193 g/mol. The fourth-order valence-electron chi connectivity index (χ4n) is 1.31. The molecule has 2 aromatic rings. The molecule has 0 saturated heterocycles. The Morgan fingerprint density at radius 1 is 1.50 bits per heavy atom. The van der Waals surface area contributed by atoms with Gasteiger partial charge in [-0.15, -0.1) is 10.2 Å². The van der Waals surface area contributed by atoms with Crippen molar-refractivity contribution >= 4 is 11.6 Å². The van der Waals surface area contributed by atoms with Gasteiger partial charge in [-0.25, -0.2) is 13.8 Å². The number of anilines is 1. The lowest BCUT2D eigenvalue weighted by molar-refractivity contribution is 0.622. The number of rotatable bonds is 2. The van der Waals surface area contributed by atoms with Gasteiger partial charge in [-0.05, 0) is 12.8 Å². The van der Waals surface area contributed by atoms with Gasteiger partial charge in [0.15, 0.2) is 5.82 Å². The Morgan fingerprint density at radius 3 is 3.14 bits per heavy atom. The summed E-state index contributed by atoms with van der Waals surface area (Å²) >= 11 is 0. The maximum absolute atomic E-state index is 13.1. The second-order valence-electron chi connectivity index (χ2n) is 3.37. The summed E-state index contributed by atoms with van der Waals surface area (Å²) < 4.78 is 14.7. The molecule has 1 aliphatic carbocycles. The fourth-order valence-corrected chi connectivity index (χ4v) is 1.31. The molecule has 0 aromatic carbocycles. The number of nitrogens with zero attached hydrogens (tertiary/aromatic N) is 4. The maximum Gasteiger partial charge on any atom is 0.210 e. The number of aromatic nitrogens is 4. The molecule has 1 aliphatic rings. The van der Waals surface area contributed by atoms with Crippen molar-refractivity contribution in [2.45, 2.75) is 18.9 Å². The third-order valence-electron chi connectivity index (χ3n) is 2.20. The number of fused-ring (bicyclic) bond motifs is 1. The van der Waals surface area contributed by atoms with Crippen LogP contribution in [0.4, 0.5) is 10.3 Å². The highest BCUT2D eigenvalue weighted by atomic mass is 19.1. The van der Waals surface area contributed by atoms with Crippen LogP contribution < -0.4 is 5.32 Å². The smallest absolute Gasteiger partial charge is 0.210 e. The molecule has 14 heavy (non-hydrogen) atoms. The highest BCUT2D eigenvalue weighted by Crippen LogP contribution is 2.23. The summed E-state index contributed by atoms with van der Waals surface area (Å²) in [7, 11) is 0. The van der Waals surface area contributed by atoms with Crippen LogP contribution in [0.1, 0.15) is 12.8 Å². The summed E-state index contributed by atoms with van der Waals surface area (Å²) in [5.41, 5.74) is 0.211. The minimum Gasteiger partial charge on any atom is -0.353 e. The number of nitrogens with one attached hydrogen (secondary N) is 1. The van der Waals surface area contributed by atoms with Crippen LogP contribution in [0.5, 0.6) is 0 Å². The van der Waals surface area contributed by atoms with Crippen LogP contribution in [0.2, 0.25) is 0 Å². The Kier molecular flexibility index (Phi) is 1.44. The van der Waals surface area contributed by atoms with Gasteiger partial charge in [-0.1, -0.05) is 0 Å². The molecule has 6 heteroatoms. The molecular weight excluding hydrogens is 185 g/mol. The molecule has 2 aromatic heterocycles. The Labute approximate surface area is 79.0 Å². The minimum atomic E-state index is -0.455. The highest BCUT2D eigenvalue weighted by molar-refractivity contribution is 5.45. The van der Waals surface area contributed by atoms with Crippen molar-refractivity contribution in [2.24, 2.45) is 0 Å². The minimum absolute atomic E-state index is 0.211. The average Bonchev–Trinajstić information content (AvgIpc) is 2.83. The first-order chi connectivity index (χ1) is 6.84. The molecular formula is C8H8FN5. The van der Waals surface area contributed by atoms with Gasteiger partial charge in [-0.3, -0.25) is 0 Å². The molecule has 1 fully saturated rings. The molecule has 0 atom stereocenters. The van der Waals surface area contributed by atoms with Crippen LogP contribution >= 0.6 is 0 Å². The van der Waals surface area contributed by atoms with E-state index in [1.54, 1.807) is 0 Å². The van der Waals surface area contributed by atoms with Crippen molar-refractivity contribution in [2.75, 3.05) is 5.32 Å². The van der Waals surface area contributed by atoms with Gasteiger partial charge in [0.2, 0.25) is 11.6 Å². The van der Waals surface area contributed by atoms with Gasteiger partial charge in [0.05, 0.1) is 6.20 Å². The largest absolute Gasteiger partial charge is 0.353 e. The van der Waals surface area contributed by atoms with Crippen molar-refractivity contribution in [3.63, 3.8) is 0 Å². The number of hydrogen-bond donors (Lipinski definition) is 1. The monoisotopic (exact) mass is 193 g/mol. The van der Waals surface area contributed by atoms with Crippen LogP contribution in [-0.4, -0.2) is 25.6 Å². The molecule has 1 N–H and O–H groups in total. The molecule has 0 aliphatic heterocycles. The lowest BCUT2D eigenvalue weighted by Crippen LogP contribution is -2.08. The van der Waals surface area contributed by atoms with E-state index < -0.39 is 5.82 Å². The standard InChI is InChI=1S/C8H8FN5/c9-6-3-10-8(12-5-1-2-5)14-4-11-13-7(6)14/h3-5H,1-2H2,(H,10,12). The zero-order valence-electron chi connectivity index (χ0n) is 7.31. The lowest BCUT2D eigenvalue weighted by Gasteiger charge is -2.04. The molecule has 0 unspecified atom stereocenters. The van der Waals surface area contributed by atoms with Gasteiger partial charge in [0.1, 0.15) is 6.33 Å². The van der Waals surface area contributed by atoms with Gasteiger partial charge in [0, 0.05) is 6.04 Å². The first kappa shape index (κ1) is 7.66. The molecule has 0 radical (unpaired) electrons. The fraction of sp³-hybridized carbons (Fsp3) is 0.375.